The summed E-state index contributed by atoms with van der Waals surface area (Å²) in [7, 11) is 1.98. The zero-order chi connectivity index (χ0) is 13.6. The predicted molar refractivity (Wildman–Crippen MR) is 75.8 cm³/mol. The Hall–Kier alpha value is -1.42. The normalized spacial score (nSPS) is 16.7. The summed E-state index contributed by atoms with van der Waals surface area (Å²) in [6.45, 7) is 1.80. The van der Waals surface area contributed by atoms with Crippen molar-refractivity contribution in [1.82, 2.24) is 15.6 Å². The molecular weight excluding hydrogens is 238 g/mol. The number of amides is 1. The fourth-order valence-corrected chi connectivity index (χ4v) is 2.65. The summed E-state index contributed by atoms with van der Waals surface area (Å²) in [5, 5.41) is 6.31. The lowest BCUT2D eigenvalue weighted by molar-refractivity contribution is -0.121. The van der Waals surface area contributed by atoms with Gasteiger partial charge < -0.3 is 10.6 Å². The van der Waals surface area contributed by atoms with Gasteiger partial charge in [0.15, 0.2) is 0 Å². The van der Waals surface area contributed by atoms with E-state index in [4.69, 9.17) is 0 Å². The lowest BCUT2D eigenvalue weighted by atomic mass is 9.68. The summed E-state index contributed by atoms with van der Waals surface area (Å²) in [4.78, 5) is 15.9. The van der Waals surface area contributed by atoms with E-state index in [9.17, 15) is 4.79 Å². The van der Waals surface area contributed by atoms with Crippen LogP contribution >= 0.6 is 0 Å². The van der Waals surface area contributed by atoms with E-state index in [1.165, 1.54) is 19.3 Å². The van der Waals surface area contributed by atoms with E-state index in [1.807, 2.05) is 25.4 Å². The number of nitrogens with one attached hydrogen (secondary N) is 2. The monoisotopic (exact) mass is 261 g/mol. The molecular formula is C15H23N3O. The standard InChI is InChI=1S/C15H23N3O/c1-16-11-15(7-3-8-15)12-18-14(19)6-5-13-4-2-9-17-10-13/h2,4,9-10,16H,3,5-8,11-12H2,1H3,(H,18,19). The molecule has 1 heterocycles. The van der Waals surface area contributed by atoms with E-state index in [-0.39, 0.29) is 5.91 Å². The minimum atomic E-state index is 0.145. The van der Waals surface area contributed by atoms with Gasteiger partial charge in [0.1, 0.15) is 0 Å². The molecule has 2 N–H and O–H groups in total. The van der Waals surface area contributed by atoms with Crippen molar-refractivity contribution in [3.05, 3.63) is 30.1 Å². The van der Waals surface area contributed by atoms with Crippen molar-refractivity contribution in [3.63, 3.8) is 0 Å². The topological polar surface area (TPSA) is 54.0 Å². The average Bonchev–Trinajstić information content (AvgIpc) is 2.40. The molecule has 0 unspecified atom stereocenters. The number of pyridine rings is 1. The summed E-state index contributed by atoms with van der Waals surface area (Å²) in [5.74, 6) is 0.145. The molecule has 0 aromatic carbocycles. The summed E-state index contributed by atoms with van der Waals surface area (Å²) in [6, 6.07) is 3.91. The fraction of sp³-hybridized carbons (Fsp3) is 0.600. The molecule has 2 rings (SSSR count). The Balaban J connectivity index is 1.70. The first kappa shape index (κ1) is 14.0. The second kappa shape index (κ2) is 6.66. The summed E-state index contributed by atoms with van der Waals surface area (Å²) < 4.78 is 0. The first-order valence-corrected chi connectivity index (χ1v) is 7.04. The van der Waals surface area contributed by atoms with Crippen LogP contribution in [0.2, 0.25) is 0 Å². The van der Waals surface area contributed by atoms with Crippen molar-refractivity contribution < 1.29 is 4.79 Å². The number of hydrogen-bond donors (Lipinski definition) is 2. The number of carbonyl (C=O) groups excluding carboxylic acids is 1. The Morgan fingerprint density at radius 3 is 2.84 bits per heavy atom. The third-order valence-corrected chi connectivity index (χ3v) is 3.99. The van der Waals surface area contributed by atoms with Gasteiger partial charge in [-0.15, -0.1) is 0 Å². The van der Waals surface area contributed by atoms with Crippen molar-refractivity contribution in [2.75, 3.05) is 20.1 Å². The molecule has 1 amide bonds. The minimum Gasteiger partial charge on any atom is -0.355 e. The minimum absolute atomic E-state index is 0.145. The second-order valence-electron chi connectivity index (χ2n) is 5.52. The number of hydrogen-bond acceptors (Lipinski definition) is 3. The van der Waals surface area contributed by atoms with Crippen LogP contribution in [0.1, 0.15) is 31.2 Å². The molecule has 1 aliphatic rings. The van der Waals surface area contributed by atoms with Gasteiger partial charge >= 0.3 is 0 Å². The number of rotatable bonds is 7. The van der Waals surface area contributed by atoms with E-state index >= 15 is 0 Å². The van der Waals surface area contributed by atoms with Gasteiger partial charge in [0, 0.05) is 37.3 Å². The van der Waals surface area contributed by atoms with E-state index in [1.54, 1.807) is 6.20 Å². The van der Waals surface area contributed by atoms with Crippen molar-refractivity contribution in [3.8, 4) is 0 Å². The molecule has 0 spiro atoms. The Bertz CT molecular complexity index is 401. The van der Waals surface area contributed by atoms with Gasteiger partial charge in [0.25, 0.3) is 0 Å². The van der Waals surface area contributed by atoms with E-state index in [0.29, 0.717) is 11.8 Å². The molecule has 4 nitrogen and oxygen atoms in total. The van der Waals surface area contributed by atoms with Crippen molar-refractivity contribution in [2.45, 2.75) is 32.1 Å². The molecule has 1 fully saturated rings. The summed E-state index contributed by atoms with van der Waals surface area (Å²) in [5.41, 5.74) is 1.42. The lowest BCUT2D eigenvalue weighted by Gasteiger charge is -2.42. The third kappa shape index (κ3) is 4.03. The predicted octanol–water partition coefficient (Wildman–Crippen LogP) is 1.52. The second-order valence-corrected chi connectivity index (χ2v) is 5.52. The molecule has 1 aliphatic carbocycles. The molecule has 1 saturated carbocycles. The van der Waals surface area contributed by atoms with Crippen LogP contribution in [0, 0.1) is 5.41 Å². The molecule has 0 aliphatic heterocycles. The van der Waals surface area contributed by atoms with Crippen molar-refractivity contribution in [1.29, 1.82) is 0 Å². The highest BCUT2D eigenvalue weighted by Gasteiger charge is 2.36. The van der Waals surface area contributed by atoms with Crippen LogP contribution in [-0.2, 0) is 11.2 Å². The van der Waals surface area contributed by atoms with Crippen LogP contribution in [0.4, 0.5) is 0 Å². The maximum Gasteiger partial charge on any atom is 0.220 e. The highest BCUT2D eigenvalue weighted by Crippen LogP contribution is 2.39. The highest BCUT2D eigenvalue weighted by molar-refractivity contribution is 5.76. The smallest absolute Gasteiger partial charge is 0.220 e. The van der Waals surface area contributed by atoms with E-state index in [2.05, 4.69) is 15.6 Å². The van der Waals surface area contributed by atoms with Gasteiger partial charge in [0.2, 0.25) is 5.91 Å². The van der Waals surface area contributed by atoms with E-state index < -0.39 is 0 Å². The lowest BCUT2D eigenvalue weighted by Crippen LogP contribution is -2.47. The largest absolute Gasteiger partial charge is 0.355 e. The highest BCUT2D eigenvalue weighted by atomic mass is 16.1. The van der Waals surface area contributed by atoms with Crippen LogP contribution in [-0.4, -0.2) is 31.0 Å². The molecule has 104 valence electrons. The van der Waals surface area contributed by atoms with Gasteiger partial charge in [-0.1, -0.05) is 12.5 Å². The molecule has 1 aromatic heterocycles. The van der Waals surface area contributed by atoms with Crippen LogP contribution in [0.3, 0.4) is 0 Å². The number of aromatic nitrogens is 1. The molecule has 0 atom stereocenters. The van der Waals surface area contributed by atoms with E-state index in [0.717, 1.165) is 25.1 Å². The fourth-order valence-electron chi connectivity index (χ4n) is 2.65. The summed E-state index contributed by atoms with van der Waals surface area (Å²) in [6.07, 6.45) is 8.60. The zero-order valence-electron chi connectivity index (χ0n) is 11.6. The quantitative estimate of drug-likeness (QED) is 0.782. The Labute approximate surface area is 115 Å². The molecule has 19 heavy (non-hydrogen) atoms. The Morgan fingerprint density at radius 1 is 1.42 bits per heavy atom. The first-order valence-electron chi connectivity index (χ1n) is 7.04. The average molecular weight is 261 g/mol. The Kier molecular flexibility index (Phi) is 4.91. The zero-order valence-corrected chi connectivity index (χ0v) is 11.6. The molecule has 0 bridgehead atoms. The van der Waals surface area contributed by atoms with Crippen LogP contribution in [0.5, 0.6) is 0 Å². The number of aryl methyl sites for hydroxylation is 1. The van der Waals surface area contributed by atoms with Gasteiger partial charge in [0.05, 0.1) is 0 Å². The SMILES string of the molecule is CNCC1(CNC(=O)CCc2cccnc2)CCC1. The van der Waals surface area contributed by atoms with Gasteiger partial charge in [-0.25, -0.2) is 0 Å². The maximum absolute atomic E-state index is 11.9. The molecule has 4 heteroatoms. The van der Waals surface area contributed by atoms with Crippen LogP contribution in [0.25, 0.3) is 0 Å². The van der Waals surface area contributed by atoms with Crippen LogP contribution in [0.15, 0.2) is 24.5 Å². The molecule has 0 radical (unpaired) electrons. The summed E-state index contributed by atoms with van der Waals surface area (Å²) >= 11 is 0. The molecule has 0 saturated heterocycles. The van der Waals surface area contributed by atoms with Gasteiger partial charge in [-0.3, -0.25) is 9.78 Å². The maximum atomic E-state index is 11.9. The third-order valence-electron chi connectivity index (χ3n) is 3.99. The number of nitrogens with zero attached hydrogens (tertiary/aromatic N) is 1. The van der Waals surface area contributed by atoms with Gasteiger partial charge in [-0.05, 0) is 37.9 Å². The Morgan fingerprint density at radius 2 is 2.26 bits per heavy atom. The van der Waals surface area contributed by atoms with Crippen molar-refractivity contribution >= 4 is 5.91 Å². The van der Waals surface area contributed by atoms with Crippen molar-refractivity contribution in [2.24, 2.45) is 5.41 Å². The molecule has 1 aromatic rings. The van der Waals surface area contributed by atoms with Crippen LogP contribution < -0.4 is 10.6 Å². The number of carbonyl (C=O) groups is 1. The van der Waals surface area contributed by atoms with Gasteiger partial charge in [-0.2, -0.15) is 0 Å². The first-order chi connectivity index (χ1) is 9.24.